The highest BCUT2D eigenvalue weighted by molar-refractivity contribution is 5.56. The van der Waals surface area contributed by atoms with E-state index < -0.39 is 30.5 Å². The fraction of sp³-hybridized carbons (Fsp3) is 0.857. The van der Waals surface area contributed by atoms with Crippen molar-refractivity contribution in [2.75, 3.05) is 0 Å². The van der Waals surface area contributed by atoms with Gasteiger partial charge in [0.2, 0.25) is 0 Å². The van der Waals surface area contributed by atoms with Crippen LogP contribution in [0, 0.1) is 5.92 Å². The predicted octanol–water partition coefficient (Wildman–Crippen LogP) is -1.74. The van der Waals surface area contributed by atoms with Gasteiger partial charge < -0.3 is 24.9 Å². The summed E-state index contributed by atoms with van der Waals surface area (Å²) in [4.78, 5) is 10.4. The fourth-order valence-corrected chi connectivity index (χ4v) is 1.26. The van der Waals surface area contributed by atoms with Crippen LogP contribution in [0.4, 0.5) is 0 Å². The van der Waals surface area contributed by atoms with E-state index in [2.05, 4.69) is 0 Å². The SMILES string of the molecule is C[C@H]1O[C@H](O)[C@H](O)[C@@H](O)[C@@H]1C=O. The second-order valence-corrected chi connectivity index (χ2v) is 2.93. The molecule has 0 bridgehead atoms. The molecule has 1 aliphatic heterocycles. The van der Waals surface area contributed by atoms with Crippen molar-refractivity contribution in [2.45, 2.75) is 31.5 Å². The molecule has 1 rings (SSSR count). The van der Waals surface area contributed by atoms with E-state index in [1.165, 1.54) is 0 Å². The van der Waals surface area contributed by atoms with Crippen LogP contribution in [0.3, 0.4) is 0 Å². The van der Waals surface area contributed by atoms with Gasteiger partial charge in [-0.25, -0.2) is 0 Å². The van der Waals surface area contributed by atoms with Crippen LogP contribution in [0.5, 0.6) is 0 Å². The first-order chi connectivity index (χ1) is 5.57. The normalized spacial score (nSPS) is 48.8. The van der Waals surface area contributed by atoms with Gasteiger partial charge in [-0.2, -0.15) is 0 Å². The van der Waals surface area contributed by atoms with Gasteiger partial charge in [-0.05, 0) is 6.92 Å². The van der Waals surface area contributed by atoms with E-state index in [1.54, 1.807) is 6.92 Å². The Bertz CT molecular complexity index is 171. The molecule has 5 heteroatoms. The number of hydrogen-bond acceptors (Lipinski definition) is 5. The van der Waals surface area contributed by atoms with Gasteiger partial charge >= 0.3 is 0 Å². The standard InChI is InChI=1S/C7H12O5/c1-3-4(2-8)5(9)6(10)7(11)12-3/h2-7,9-11H,1H3/t3-,4-,5+,6-,7+/m1/s1. The van der Waals surface area contributed by atoms with Gasteiger partial charge in [0, 0.05) is 0 Å². The van der Waals surface area contributed by atoms with Crippen molar-refractivity contribution in [1.82, 2.24) is 0 Å². The average Bonchev–Trinajstić information content (AvgIpc) is 2.01. The highest BCUT2D eigenvalue weighted by Gasteiger charge is 2.41. The monoisotopic (exact) mass is 176 g/mol. The zero-order valence-electron chi connectivity index (χ0n) is 6.62. The highest BCUT2D eigenvalue weighted by Crippen LogP contribution is 2.23. The Kier molecular flexibility index (Phi) is 2.79. The molecule has 0 aliphatic carbocycles. The Morgan fingerprint density at radius 2 is 1.83 bits per heavy atom. The van der Waals surface area contributed by atoms with Crippen molar-refractivity contribution >= 4 is 6.29 Å². The number of carbonyl (C=O) groups excluding carboxylic acids is 1. The van der Waals surface area contributed by atoms with Crippen molar-refractivity contribution in [1.29, 1.82) is 0 Å². The van der Waals surface area contributed by atoms with E-state index in [4.69, 9.17) is 14.9 Å². The number of ether oxygens (including phenoxy) is 1. The third-order valence-electron chi connectivity index (χ3n) is 2.09. The molecule has 1 heterocycles. The van der Waals surface area contributed by atoms with E-state index in [9.17, 15) is 9.90 Å². The summed E-state index contributed by atoms with van der Waals surface area (Å²) in [6, 6.07) is 0. The Morgan fingerprint density at radius 3 is 2.33 bits per heavy atom. The first-order valence-corrected chi connectivity index (χ1v) is 3.73. The van der Waals surface area contributed by atoms with Gasteiger partial charge in [0.25, 0.3) is 0 Å². The number of carbonyl (C=O) groups is 1. The van der Waals surface area contributed by atoms with Crippen LogP contribution >= 0.6 is 0 Å². The minimum absolute atomic E-state index is 0.518. The Balaban J connectivity index is 2.71. The summed E-state index contributed by atoms with van der Waals surface area (Å²) in [6.07, 6.45) is -4.12. The second kappa shape index (κ2) is 3.49. The summed E-state index contributed by atoms with van der Waals surface area (Å²) in [5.41, 5.74) is 0. The Morgan fingerprint density at radius 1 is 1.25 bits per heavy atom. The van der Waals surface area contributed by atoms with E-state index in [1.807, 2.05) is 0 Å². The molecule has 0 aromatic heterocycles. The smallest absolute Gasteiger partial charge is 0.183 e. The molecule has 5 nitrogen and oxygen atoms in total. The highest BCUT2D eigenvalue weighted by atomic mass is 16.6. The van der Waals surface area contributed by atoms with Crippen LogP contribution in [-0.4, -0.2) is 46.2 Å². The second-order valence-electron chi connectivity index (χ2n) is 2.93. The average molecular weight is 176 g/mol. The summed E-state index contributed by atoms with van der Waals surface area (Å²) in [6.45, 7) is 1.55. The lowest BCUT2D eigenvalue weighted by molar-refractivity contribution is -0.258. The summed E-state index contributed by atoms with van der Waals surface area (Å²) < 4.78 is 4.79. The van der Waals surface area contributed by atoms with Crippen LogP contribution in [0.1, 0.15) is 6.92 Å². The van der Waals surface area contributed by atoms with Crippen LogP contribution in [-0.2, 0) is 9.53 Å². The fourth-order valence-electron chi connectivity index (χ4n) is 1.26. The first kappa shape index (κ1) is 9.60. The number of hydrogen-bond donors (Lipinski definition) is 3. The molecule has 0 spiro atoms. The zero-order chi connectivity index (χ0) is 9.30. The van der Waals surface area contributed by atoms with Crippen molar-refractivity contribution < 1.29 is 24.9 Å². The maximum Gasteiger partial charge on any atom is 0.183 e. The number of aliphatic hydroxyl groups is 3. The quantitative estimate of drug-likeness (QED) is 0.413. The molecule has 70 valence electrons. The van der Waals surface area contributed by atoms with Gasteiger partial charge in [0.15, 0.2) is 6.29 Å². The van der Waals surface area contributed by atoms with E-state index in [0.29, 0.717) is 6.29 Å². The maximum absolute atomic E-state index is 10.4. The van der Waals surface area contributed by atoms with Crippen molar-refractivity contribution in [3.05, 3.63) is 0 Å². The Hall–Kier alpha value is -0.490. The predicted molar refractivity (Wildman–Crippen MR) is 38.1 cm³/mol. The van der Waals surface area contributed by atoms with Crippen molar-refractivity contribution in [2.24, 2.45) is 5.92 Å². The summed E-state index contributed by atoms with van der Waals surface area (Å²) in [7, 11) is 0. The third kappa shape index (κ3) is 1.49. The van der Waals surface area contributed by atoms with E-state index in [0.717, 1.165) is 0 Å². The molecule has 5 atom stereocenters. The van der Waals surface area contributed by atoms with Gasteiger partial charge in [-0.15, -0.1) is 0 Å². The molecular weight excluding hydrogens is 164 g/mol. The maximum atomic E-state index is 10.4. The molecule has 1 saturated heterocycles. The molecule has 0 aromatic rings. The molecule has 0 amide bonds. The molecule has 3 N–H and O–H groups in total. The number of rotatable bonds is 1. The van der Waals surface area contributed by atoms with Crippen molar-refractivity contribution in [3.8, 4) is 0 Å². The summed E-state index contributed by atoms with van der Waals surface area (Å²) in [5.74, 6) is -0.775. The lowest BCUT2D eigenvalue weighted by atomic mass is 9.91. The molecule has 0 unspecified atom stereocenters. The number of aldehydes is 1. The largest absolute Gasteiger partial charge is 0.389 e. The minimum atomic E-state index is -1.41. The zero-order valence-corrected chi connectivity index (χ0v) is 6.62. The van der Waals surface area contributed by atoms with Crippen LogP contribution in [0.15, 0.2) is 0 Å². The van der Waals surface area contributed by atoms with Crippen molar-refractivity contribution in [3.63, 3.8) is 0 Å². The topological polar surface area (TPSA) is 87.0 Å². The molecule has 12 heavy (non-hydrogen) atoms. The molecular formula is C7H12O5. The lowest BCUT2D eigenvalue weighted by Crippen LogP contribution is -2.53. The van der Waals surface area contributed by atoms with Gasteiger partial charge in [-0.1, -0.05) is 0 Å². The Labute approximate surface area is 69.6 Å². The van der Waals surface area contributed by atoms with Gasteiger partial charge in [-0.3, -0.25) is 0 Å². The molecule has 1 aliphatic rings. The van der Waals surface area contributed by atoms with E-state index in [-0.39, 0.29) is 0 Å². The van der Waals surface area contributed by atoms with Crippen LogP contribution in [0.2, 0.25) is 0 Å². The molecule has 0 aromatic carbocycles. The van der Waals surface area contributed by atoms with Gasteiger partial charge in [0.1, 0.15) is 12.4 Å². The minimum Gasteiger partial charge on any atom is -0.389 e. The lowest BCUT2D eigenvalue weighted by Gasteiger charge is -2.36. The van der Waals surface area contributed by atoms with Crippen LogP contribution in [0.25, 0.3) is 0 Å². The first-order valence-electron chi connectivity index (χ1n) is 3.73. The molecule has 0 saturated carbocycles. The van der Waals surface area contributed by atoms with Gasteiger partial charge in [0.05, 0.1) is 18.1 Å². The van der Waals surface area contributed by atoms with E-state index >= 15 is 0 Å². The summed E-state index contributed by atoms with van der Waals surface area (Å²) >= 11 is 0. The third-order valence-corrected chi connectivity index (χ3v) is 2.09. The molecule has 1 fully saturated rings. The number of aliphatic hydroxyl groups excluding tert-OH is 3. The summed E-state index contributed by atoms with van der Waals surface area (Å²) in [5, 5.41) is 27.3. The van der Waals surface area contributed by atoms with Crippen LogP contribution < -0.4 is 0 Å². The molecule has 0 radical (unpaired) electrons.